The van der Waals surface area contributed by atoms with Crippen LogP contribution in [0.25, 0.3) is 0 Å². The number of carbonyl (C=O) groups excluding carboxylic acids is 2. The van der Waals surface area contributed by atoms with Gasteiger partial charge < -0.3 is 19.5 Å². The first-order valence-corrected chi connectivity index (χ1v) is 7.90. The molecule has 1 N–H and O–H groups in total. The third-order valence-corrected chi connectivity index (χ3v) is 3.94. The number of esters is 1. The molecule has 0 aromatic heterocycles. The lowest BCUT2D eigenvalue weighted by molar-refractivity contribution is -0.0511. The van der Waals surface area contributed by atoms with Crippen molar-refractivity contribution in [3.8, 4) is 11.5 Å². The van der Waals surface area contributed by atoms with Gasteiger partial charge in [-0.05, 0) is 37.1 Å². The molecule has 0 radical (unpaired) electrons. The highest BCUT2D eigenvalue weighted by Gasteiger charge is 2.21. The van der Waals surface area contributed by atoms with Crippen molar-refractivity contribution in [1.82, 2.24) is 0 Å². The third-order valence-electron chi connectivity index (χ3n) is 3.94. The maximum Gasteiger partial charge on any atom is 0.387 e. The van der Waals surface area contributed by atoms with Gasteiger partial charge in [-0.15, -0.1) is 0 Å². The van der Waals surface area contributed by atoms with Crippen LogP contribution in [0.1, 0.15) is 31.8 Å². The van der Waals surface area contributed by atoms with E-state index in [4.69, 9.17) is 4.74 Å². The van der Waals surface area contributed by atoms with Crippen LogP contribution in [0.15, 0.2) is 30.3 Å². The van der Waals surface area contributed by atoms with Gasteiger partial charge in [-0.1, -0.05) is 6.07 Å². The van der Waals surface area contributed by atoms with Crippen molar-refractivity contribution in [2.45, 2.75) is 20.5 Å². The molecule has 0 atom stereocenters. The molecule has 0 aliphatic rings. The van der Waals surface area contributed by atoms with Crippen LogP contribution in [0.4, 0.5) is 14.5 Å². The Kier molecular flexibility index (Phi) is 6.33. The molecule has 2 aromatic carbocycles. The molecule has 0 heterocycles. The second-order valence-corrected chi connectivity index (χ2v) is 5.67. The van der Waals surface area contributed by atoms with Crippen molar-refractivity contribution in [3.63, 3.8) is 0 Å². The number of alkyl halides is 2. The van der Waals surface area contributed by atoms with Gasteiger partial charge in [0, 0.05) is 17.7 Å². The van der Waals surface area contributed by atoms with Gasteiger partial charge >= 0.3 is 12.6 Å². The lowest BCUT2D eigenvalue weighted by atomic mass is 10.1. The van der Waals surface area contributed by atoms with Crippen molar-refractivity contribution in [2.75, 3.05) is 19.5 Å². The average Bonchev–Trinajstić information content (AvgIpc) is 2.63. The number of aryl methyl sites for hydroxylation is 2. The molecular weight excluding hydrogens is 360 g/mol. The first-order chi connectivity index (χ1) is 12.8. The number of anilines is 1. The van der Waals surface area contributed by atoms with E-state index in [0.29, 0.717) is 5.56 Å². The van der Waals surface area contributed by atoms with E-state index in [1.54, 1.807) is 18.2 Å². The molecule has 0 spiro atoms. The highest BCUT2D eigenvalue weighted by molar-refractivity contribution is 6.08. The zero-order valence-corrected chi connectivity index (χ0v) is 15.3. The molecule has 2 aromatic rings. The van der Waals surface area contributed by atoms with Crippen LogP contribution in [0.3, 0.4) is 0 Å². The molecule has 0 fully saturated rings. The first kappa shape index (κ1) is 20.2. The Labute approximate surface area is 155 Å². The van der Waals surface area contributed by atoms with Gasteiger partial charge in [0.2, 0.25) is 0 Å². The maximum absolute atomic E-state index is 12.6. The van der Waals surface area contributed by atoms with E-state index in [1.807, 2.05) is 13.8 Å². The van der Waals surface area contributed by atoms with Gasteiger partial charge in [0.15, 0.2) is 11.5 Å². The number of nitrogens with one attached hydrogen (secondary N) is 1. The van der Waals surface area contributed by atoms with Gasteiger partial charge in [-0.3, -0.25) is 4.79 Å². The summed E-state index contributed by atoms with van der Waals surface area (Å²) < 4.78 is 39.4. The van der Waals surface area contributed by atoms with Crippen molar-refractivity contribution in [2.24, 2.45) is 0 Å². The molecule has 0 aliphatic heterocycles. The van der Waals surface area contributed by atoms with Crippen molar-refractivity contribution >= 4 is 17.6 Å². The number of carbonyl (C=O) groups is 2. The van der Waals surface area contributed by atoms with Gasteiger partial charge in [0.25, 0.3) is 5.91 Å². The van der Waals surface area contributed by atoms with Crippen molar-refractivity contribution in [3.05, 3.63) is 52.6 Å². The minimum Gasteiger partial charge on any atom is -0.493 e. The summed E-state index contributed by atoms with van der Waals surface area (Å²) in [6.07, 6.45) is 0. The van der Waals surface area contributed by atoms with Crippen LogP contribution in [0.2, 0.25) is 0 Å². The summed E-state index contributed by atoms with van der Waals surface area (Å²) in [4.78, 5) is 24.6. The molecule has 2 rings (SSSR count). The van der Waals surface area contributed by atoms with Gasteiger partial charge in [-0.2, -0.15) is 8.78 Å². The second-order valence-electron chi connectivity index (χ2n) is 5.67. The largest absolute Gasteiger partial charge is 0.493 e. The Balaban J connectivity index is 2.46. The van der Waals surface area contributed by atoms with Crippen LogP contribution in [-0.4, -0.2) is 32.7 Å². The monoisotopic (exact) mass is 379 g/mol. The number of benzene rings is 2. The maximum atomic E-state index is 12.6. The molecule has 0 saturated heterocycles. The summed E-state index contributed by atoms with van der Waals surface area (Å²) in [6, 6.07) is 7.35. The van der Waals surface area contributed by atoms with E-state index >= 15 is 0 Å². The minimum absolute atomic E-state index is 0.0403. The summed E-state index contributed by atoms with van der Waals surface area (Å²) in [5, 5.41) is 2.53. The second kappa shape index (κ2) is 8.48. The van der Waals surface area contributed by atoms with E-state index in [-0.39, 0.29) is 22.7 Å². The molecule has 0 unspecified atom stereocenters. The quantitative estimate of drug-likeness (QED) is 0.770. The van der Waals surface area contributed by atoms with Crippen LogP contribution in [0, 0.1) is 13.8 Å². The van der Waals surface area contributed by atoms with E-state index < -0.39 is 18.5 Å². The lowest BCUT2D eigenvalue weighted by Crippen LogP contribution is -2.16. The number of amides is 1. The number of rotatable bonds is 6. The Morgan fingerprint density at radius 2 is 1.70 bits per heavy atom. The average molecular weight is 379 g/mol. The van der Waals surface area contributed by atoms with E-state index in [1.165, 1.54) is 13.2 Å². The third kappa shape index (κ3) is 4.72. The van der Waals surface area contributed by atoms with Crippen LogP contribution < -0.4 is 14.8 Å². The van der Waals surface area contributed by atoms with Crippen LogP contribution in [0.5, 0.6) is 11.5 Å². The fourth-order valence-electron chi connectivity index (χ4n) is 2.37. The van der Waals surface area contributed by atoms with Crippen molar-refractivity contribution < 1.29 is 32.6 Å². The predicted molar refractivity (Wildman–Crippen MR) is 94.8 cm³/mol. The van der Waals surface area contributed by atoms with E-state index in [0.717, 1.165) is 24.3 Å². The standard InChI is InChI=1S/C19H19F2NO5/c1-10-5-6-12(7-11(10)2)17(23)22-14-9-16(27-19(20)21)15(25-3)8-13(14)18(24)26-4/h5-9,19H,1-4H3,(H,22,23). The Morgan fingerprint density at radius 3 is 2.26 bits per heavy atom. The summed E-state index contributed by atoms with van der Waals surface area (Å²) >= 11 is 0. The normalized spacial score (nSPS) is 10.5. The Morgan fingerprint density at radius 1 is 1.00 bits per heavy atom. The fraction of sp³-hybridized carbons (Fsp3) is 0.263. The summed E-state index contributed by atoms with van der Waals surface area (Å²) in [6.45, 7) is 0.656. The molecular formula is C19H19F2NO5. The van der Waals surface area contributed by atoms with E-state index in [2.05, 4.69) is 14.8 Å². The number of ether oxygens (including phenoxy) is 3. The minimum atomic E-state index is -3.11. The molecule has 8 heteroatoms. The molecule has 1 amide bonds. The molecule has 0 bridgehead atoms. The highest BCUT2D eigenvalue weighted by atomic mass is 19.3. The fourth-order valence-corrected chi connectivity index (χ4v) is 2.37. The van der Waals surface area contributed by atoms with Crippen molar-refractivity contribution in [1.29, 1.82) is 0 Å². The lowest BCUT2D eigenvalue weighted by Gasteiger charge is -2.16. The summed E-state index contributed by atoms with van der Waals surface area (Å²) in [7, 11) is 2.40. The van der Waals surface area contributed by atoms with Crippen LogP contribution >= 0.6 is 0 Å². The summed E-state index contributed by atoms with van der Waals surface area (Å²) in [5.74, 6) is -1.71. The van der Waals surface area contributed by atoms with E-state index in [9.17, 15) is 18.4 Å². The topological polar surface area (TPSA) is 73.9 Å². The van der Waals surface area contributed by atoms with Gasteiger partial charge in [0.05, 0.1) is 25.5 Å². The smallest absolute Gasteiger partial charge is 0.387 e. The van der Waals surface area contributed by atoms with Crippen LogP contribution in [-0.2, 0) is 4.74 Å². The number of hydrogen-bond donors (Lipinski definition) is 1. The summed E-state index contributed by atoms with van der Waals surface area (Å²) in [5.41, 5.74) is 2.17. The molecule has 27 heavy (non-hydrogen) atoms. The number of methoxy groups -OCH3 is 2. The molecule has 6 nitrogen and oxygen atoms in total. The van der Waals surface area contributed by atoms with Gasteiger partial charge in [0.1, 0.15) is 0 Å². The zero-order chi connectivity index (χ0) is 20.1. The Hall–Kier alpha value is -3.16. The first-order valence-electron chi connectivity index (χ1n) is 7.90. The number of halogens is 2. The number of hydrogen-bond acceptors (Lipinski definition) is 5. The SMILES string of the molecule is COC(=O)c1cc(OC)c(OC(F)F)cc1NC(=O)c1ccc(C)c(C)c1. The molecule has 0 aliphatic carbocycles. The van der Waals surface area contributed by atoms with Gasteiger partial charge in [-0.25, -0.2) is 4.79 Å². The molecule has 0 saturated carbocycles. The molecule has 144 valence electrons. The Bertz CT molecular complexity index is 867. The predicted octanol–water partition coefficient (Wildman–Crippen LogP) is 3.95. The zero-order valence-electron chi connectivity index (χ0n) is 15.3. The highest BCUT2D eigenvalue weighted by Crippen LogP contribution is 2.35.